The van der Waals surface area contributed by atoms with Gasteiger partial charge in [0.15, 0.2) is 0 Å². The van der Waals surface area contributed by atoms with Crippen molar-refractivity contribution >= 4 is 16.2 Å². The van der Waals surface area contributed by atoms with Crippen LogP contribution >= 0.6 is 0 Å². The van der Waals surface area contributed by atoms with E-state index in [4.69, 9.17) is 0 Å². The van der Waals surface area contributed by atoms with Crippen LogP contribution < -0.4 is 0 Å². The van der Waals surface area contributed by atoms with Crippen molar-refractivity contribution in [3.05, 3.63) is 0 Å². The minimum Gasteiger partial charge on any atom is -0.465 e. The molecule has 1 N–H and O–H groups in total. The zero-order valence-corrected chi connectivity index (χ0v) is 11.9. The first-order valence-corrected chi connectivity index (χ1v) is 7.82. The van der Waals surface area contributed by atoms with Crippen molar-refractivity contribution in [3.8, 4) is 0 Å². The van der Waals surface area contributed by atoms with Crippen LogP contribution in [0.1, 0.15) is 39.5 Å². The Hall–Kier alpha value is -0.820. The molecular weight excluding hydrogens is 258 g/mol. The molecule has 0 aromatic heterocycles. The molecule has 1 heterocycles. The lowest BCUT2D eigenvalue weighted by Crippen LogP contribution is -2.46. The largest absolute Gasteiger partial charge is 0.465 e. The minimum atomic E-state index is -3.40. The van der Waals surface area contributed by atoms with Crippen LogP contribution in [-0.2, 0) is 14.3 Å². The van der Waals surface area contributed by atoms with E-state index in [1.165, 1.54) is 4.90 Å². The van der Waals surface area contributed by atoms with E-state index in [2.05, 4.69) is 4.18 Å². The molecule has 0 unspecified atom stereocenters. The average Bonchev–Trinajstić information content (AvgIpc) is 2.47. The van der Waals surface area contributed by atoms with Crippen LogP contribution in [0.3, 0.4) is 0 Å². The summed E-state index contributed by atoms with van der Waals surface area (Å²) in [5.41, 5.74) is -0.339. The maximum atomic E-state index is 11.2. The van der Waals surface area contributed by atoms with Crippen molar-refractivity contribution < 1.29 is 22.5 Å². The molecule has 1 aliphatic rings. The maximum absolute atomic E-state index is 11.2. The SMILES string of the molecule is CC1(C)CC[C@@H](CCCOS(C)(=O)=O)N1C(=O)O. The molecule has 18 heavy (non-hydrogen) atoms. The molecule has 0 saturated carbocycles. The number of hydrogen-bond donors (Lipinski definition) is 1. The Kier molecular flexibility index (Phi) is 4.61. The molecule has 106 valence electrons. The van der Waals surface area contributed by atoms with E-state index in [0.29, 0.717) is 12.8 Å². The van der Waals surface area contributed by atoms with Gasteiger partial charge in [0.05, 0.1) is 12.9 Å². The fourth-order valence-corrected chi connectivity index (χ4v) is 2.90. The summed E-state index contributed by atoms with van der Waals surface area (Å²) in [4.78, 5) is 12.7. The number of carboxylic acid groups (broad SMARTS) is 1. The average molecular weight is 279 g/mol. The highest BCUT2D eigenvalue weighted by Crippen LogP contribution is 2.35. The third kappa shape index (κ3) is 4.13. The first-order valence-electron chi connectivity index (χ1n) is 6.00. The topological polar surface area (TPSA) is 83.9 Å². The lowest BCUT2D eigenvalue weighted by Gasteiger charge is -2.33. The Morgan fingerprint density at radius 1 is 1.50 bits per heavy atom. The van der Waals surface area contributed by atoms with E-state index in [0.717, 1.165) is 19.1 Å². The fourth-order valence-electron chi connectivity index (χ4n) is 2.48. The lowest BCUT2D eigenvalue weighted by molar-refractivity contribution is 0.0920. The van der Waals surface area contributed by atoms with E-state index in [1.54, 1.807) is 0 Å². The molecule has 0 aliphatic carbocycles. The summed E-state index contributed by atoms with van der Waals surface area (Å²) in [7, 11) is -3.40. The molecule has 1 fully saturated rings. The van der Waals surface area contributed by atoms with E-state index >= 15 is 0 Å². The quantitative estimate of drug-likeness (QED) is 0.611. The monoisotopic (exact) mass is 279 g/mol. The highest BCUT2D eigenvalue weighted by molar-refractivity contribution is 7.85. The van der Waals surface area contributed by atoms with Crippen LogP contribution in [0, 0.1) is 0 Å². The van der Waals surface area contributed by atoms with Crippen molar-refractivity contribution in [2.45, 2.75) is 51.1 Å². The van der Waals surface area contributed by atoms with Gasteiger partial charge in [0.25, 0.3) is 10.1 Å². The van der Waals surface area contributed by atoms with Crippen molar-refractivity contribution in [1.82, 2.24) is 4.90 Å². The third-order valence-electron chi connectivity index (χ3n) is 3.29. The normalized spacial score (nSPS) is 23.3. The Morgan fingerprint density at radius 3 is 2.61 bits per heavy atom. The van der Waals surface area contributed by atoms with Crippen LogP contribution in [0.5, 0.6) is 0 Å². The highest BCUT2D eigenvalue weighted by Gasteiger charge is 2.42. The summed E-state index contributed by atoms with van der Waals surface area (Å²) < 4.78 is 26.2. The van der Waals surface area contributed by atoms with Gasteiger partial charge in [-0.1, -0.05) is 0 Å². The van der Waals surface area contributed by atoms with Crippen LogP contribution in [0.2, 0.25) is 0 Å². The van der Waals surface area contributed by atoms with Crippen molar-refractivity contribution in [3.63, 3.8) is 0 Å². The second-order valence-electron chi connectivity index (χ2n) is 5.33. The van der Waals surface area contributed by atoms with Gasteiger partial charge in [-0.25, -0.2) is 4.79 Å². The minimum absolute atomic E-state index is 0.0411. The Balaban J connectivity index is 2.45. The van der Waals surface area contributed by atoms with Crippen molar-refractivity contribution in [1.29, 1.82) is 0 Å². The number of carbonyl (C=O) groups is 1. The van der Waals surface area contributed by atoms with E-state index in [1.807, 2.05) is 13.8 Å². The molecule has 0 aromatic rings. The van der Waals surface area contributed by atoms with Gasteiger partial charge in [-0.05, 0) is 39.5 Å². The molecule has 0 aromatic carbocycles. The second kappa shape index (κ2) is 5.44. The fraction of sp³-hybridized carbons (Fsp3) is 0.909. The van der Waals surface area contributed by atoms with Crippen LogP contribution in [0.15, 0.2) is 0 Å². The molecule has 1 amide bonds. The van der Waals surface area contributed by atoms with Gasteiger partial charge in [-0.2, -0.15) is 8.42 Å². The molecule has 1 saturated heterocycles. The summed E-state index contributed by atoms with van der Waals surface area (Å²) in [6.07, 6.45) is 2.92. The number of amides is 1. The molecule has 0 bridgehead atoms. The molecule has 7 heteroatoms. The maximum Gasteiger partial charge on any atom is 0.407 e. The second-order valence-corrected chi connectivity index (χ2v) is 6.97. The van der Waals surface area contributed by atoms with Crippen LogP contribution in [0.25, 0.3) is 0 Å². The van der Waals surface area contributed by atoms with Crippen molar-refractivity contribution in [2.24, 2.45) is 0 Å². The number of rotatable bonds is 5. The van der Waals surface area contributed by atoms with Gasteiger partial charge in [-0.3, -0.25) is 4.18 Å². The van der Waals surface area contributed by atoms with Crippen LogP contribution in [-0.4, -0.2) is 49.0 Å². The predicted molar refractivity (Wildman–Crippen MR) is 67.0 cm³/mol. The molecule has 0 spiro atoms. The number of hydrogen-bond acceptors (Lipinski definition) is 4. The molecule has 6 nitrogen and oxygen atoms in total. The smallest absolute Gasteiger partial charge is 0.407 e. The van der Waals surface area contributed by atoms with Crippen LogP contribution in [0.4, 0.5) is 4.79 Å². The standard InChI is InChI=1S/C11H21NO5S/c1-11(2)7-6-9(12(11)10(13)14)5-4-8-17-18(3,15)16/h9H,4-8H2,1-3H3,(H,13,14)/t9-/m1/s1. The van der Waals surface area contributed by atoms with Gasteiger partial charge in [-0.15, -0.1) is 0 Å². The van der Waals surface area contributed by atoms with E-state index in [-0.39, 0.29) is 18.2 Å². The summed E-state index contributed by atoms with van der Waals surface area (Å²) >= 11 is 0. The highest BCUT2D eigenvalue weighted by atomic mass is 32.2. The predicted octanol–water partition coefficient (Wildman–Crippen LogP) is 1.66. The Morgan fingerprint density at radius 2 is 2.11 bits per heavy atom. The molecule has 1 atom stereocenters. The zero-order valence-electron chi connectivity index (χ0n) is 11.0. The van der Waals surface area contributed by atoms with E-state index < -0.39 is 16.2 Å². The molecule has 1 aliphatic heterocycles. The molecular formula is C11H21NO5S. The van der Waals surface area contributed by atoms with Gasteiger partial charge in [0.2, 0.25) is 0 Å². The third-order valence-corrected chi connectivity index (χ3v) is 3.89. The Bertz CT molecular complexity index is 404. The van der Waals surface area contributed by atoms with Crippen molar-refractivity contribution in [2.75, 3.05) is 12.9 Å². The number of nitrogens with zero attached hydrogens (tertiary/aromatic N) is 1. The van der Waals surface area contributed by atoms with Gasteiger partial charge < -0.3 is 10.0 Å². The Labute approximate surface area is 108 Å². The zero-order chi connectivity index (χ0) is 14.0. The summed E-state index contributed by atoms with van der Waals surface area (Å²) in [5.74, 6) is 0. The summed E-state index contributed by atoms with van der Waals surface area (Å²) in [6.45, 7) is 3.94. The first-order chi connectivity index (χ1) is 8.13. The van der Waals surface area contributed by atoms with Gasteiger partial charge >= 0.3 is 6.09 Å². The summed E-state index contributed by atoms with van der Waals surface area (Å²) in [6, 6.07) is -0.0411. The number of likely N-dealkylation sites (tertiary alicyclic amines) is 1. The van der Waals surface area contributed by atoms with Gasteiger partial charge in [0.1, 0.15) is 0 Å². The first kappa shape index (κ1) is 15.2. The van der Waals surface area contributed by atoms with E-state index in [9.17, 15) is 18.3 Å². The van der Waals surface area contributed by atoms with Gasteiger partial charge in [0, 0.05) is 11.6 Å². The molecule has 1 rings (SSSR count). The lowest BCUT2D eigenvalue weighted by atomic mass is 10.0. The summed E-state index contributed by atoms with van der Waals surface area (Å²) in [5, 5.41) is 9.20. The molecule has 0 radical (unpaired) electrons.